The fraction of sp³-hybridized carbons (Fsp3) is 0.750. The van der Waals surface area contributed by atoms with Crippen molar-refractivity contribution in [3.8, 4) is 0 Å². The maximum absolute atomic E-state index is 5.49. The Bertz CT molecular complexity index is 166. The lowest BCUT2D eigenvalue weighted by Gasteiger charge is -1.92. The van der Waals surface area contributed by atoms with E-state index in [0.717, 1.165) is 12.4 Å². The van der Waals surface area contributed by atoms with Crippen molar-refractivity contribution in [2.24, 2.45) is 0 Å². The molecule has 0 amide bonds. The first-order chi connectivity index (χ1) is 4.38. The van der Waals surface area contributed by atoms with E-state index in [1.165, 1.54) is 0 Å². The monoisotopic (exact) mass is 146 g/mol. The van der Waals surface area contributed by atoms with Crippen LogP contribution in [0.5, 0.6) is 0 Å². The van der Waals surface area contributed by atoms with Crippen molar-refractivity contribution in [1.29, 1.82) is 0 Å². The molecule has 0 unspecified atom stereocenters. The van der Waals surface area contributed by atoms with Crippen LogP contribution < -0.4 is 0 Å². The molecule has 5 heteroatoms. The molecule has 0 atom stereocenters. The second kappa shape index (κ2) is 2.77. The molecule has 0 aromatic carbocycles. The van der Waals surface area contributed by atoms with Crippen LogP contribution in [-0.4, -0.2) is 20.2 Å². The Morgan fingerprint density at radius 3 is 2.89 bits per heavy atom. The molecule has 1 heterocycles. The Morgan fingerprint density at radius 1 is 1.67 bits per heavy atom. The molecule has 50 valence electrons. The standard InChI is InChI=1S/C4H7ClN4/c1-2-9-4(3-5)6-7-8-9/h2-3H2,1H3. The number of aryl methyl sites for hydroxylation is 1. The average molecular weight is 147 g/mol. The van der Waals surface area contributed by atoms with Crippen LogP contribution in [0.4, 0.5) is 0 Å². The lowest BCUT2D eigenvalue weighted by Crippen LogP contribution is -2.00. The Kier molecular flexibility index (Phi) is 2.00. The predicted molar refractivity (Wildman–Crippen MR) is 33.0 cm³/mol. The highest BCUT2D eigenvalue weighted by Gasteiger charge is 1.99. The van der Waals surface area contributed by atoms with Gasteiger partial charge in [0.05, 0.1) is 5.88 Å². The molecule has 4 nitrogen and oxygen atoms in total. The van der Waals surface area contributed by atoms with Crippen LogP contribution in [0.25, 0.3) is 0 Å². The molecule has 0 radical (unpaired) electrons. The van der Waals surface area contributed by atoms with Crippen LogP contribution in [-0.2, 0) is 12.4 Å². The first-order valence-electron chi connectivity index (χ1n) is 2.69. The topological polar surface area (TPSA) is 43.6 Å². The summed E-state index contributed by atoms with van der Waals surface area (Å²) in [5, 5.41) is 10.8. The fourth-order valence-electron chi connectivity index (χ4n) is 0.565. The van der Waals surface area contributed by atoms with Crippen molar-refractivity contribution >= 4 is 11.6 Å². The number of hydrogen-bond acceptors (Lipinski definition) is 3. The Morgan fingerprint density at radius 2 is 2.44 bits per heavy atom. The van der Waals surface area contributed by atoms with Crippen LogP contribution in [0.15, 0.2) is 0 Å². The van der Waals surface area contributed by atoms with Crippen LogP contribution in [0.3, 0.4) is 0 Å². The van der Waals surface area contributed by atoms with Gasteiger partial charge in [0.25, 0.3) is 0 Å². The van der Waals surface area contributed by atoms with Crippen LogP contribution in [0, 0.1) is 0 Å². The zero-order valence-corrected chi connectivity index (χ0v) is 5.84. The highest BCUT2D eigenvalue weighted by Crippen LogP contribution is 1.94. The van der Waals surface area contributed by atoms with Gasteiger partial charge >= 0.3 is 0 Å². The Labute approximate surface area is 57.8 Å². The number of nitrogens with zero attached hydrogens (tertiary/aromatic N) is 4. The number of tetrazole rings is 1. The van der Waals surface area contributed by atoms with Crippen molar-refractivity contribution in [3.05, 3.63) is 5.82 Å². The van der Waals surface area contributed by atoms with Gasteiger partial charge in [-0.3, -0.25) is 0 Å². The van der Waals surface area contributed by atoms with Gasteiger partial charge in [-0.2, -0.15) is 0 Å². The maximum Gasteiger partial charge on any atom is 0.165 e. The zero-order chi connectivity index (χ0) is 6.69. The van der Waals surface area contributed by atoms with E-state index >= 15 is 0 Å². The average Bonchev–Trinajstić information content (AvgIpc) is 2.33. The van der Waals surface area contributed by atoms with E-state index in [0.29, 0.717) is 5.88 Å². The van der Waals surface area contributed by atoms with Crippen molar-refractivity contribution in [3.63, 3.8) is 0 Å². The second-order valence-corrected chi connectivity index (χ2v) is 1.81. The molecule has 0 aliphatic heterocycles. The SMILES string of the molecule is CCn1nnnc1CCl. The summed E-state index contributed by atoms with van der Waals surface area (Å²) in [6, 6.07) is 0. The van der Waals surface area contributed by atoms with Gasteiger partial charge in [0.15, 0.2) is 5.82 Å². The minimum Gasteiger partial charge on any atom is -0.229 e. The highest BCUT2D eigenvalue weighted by molar-refractivity contribution is 6.16. The molecule has 1 rings (SSSR count). The smallest absolute Gasteiger partial charge is 0.165 e. The van der Waals surface area contributed by atoms with Gasteiger partial charge < -0.3 is 0 Å². The van der Waals surface area contributed by atoms with Gasteiger partial charge in [-0.1, -0.05) is 0 Å². The molecule has 0 N–H and O–H groups in total. The molecule has 1 aromatic heterocycles. The molecule has 0 aliphatic rings. The zero-order valence-electron chi connectivity index (χ0n) is 5.08. The van der Waals surface area contributed by atoms with Gasteiger partial charge in [0.2, 0.25) is 0 Å². The first-order valence-corrected chi connectivity index (χ1v) is 3.23. The van der Waals surface area contributed by atoms with Crippen molar-refractivity contribution in [2.45, 2.75) is 19.3 Å². The normalized spacial score (nSPS) is 10.0. The molecule has 0 saturated carbocycles. The molecule has 1 aromatic rings. The molecule has 0 saturated heterocycles. The van der Waals surface area contributed by atoms with Gasteiger partial charge in [-0.25, -0.2) is 4.68 Å². The fourth-order valence-corrected chi connectivity index (χ4v) is 0.756. The summed E-state index contributed by atoms with van der Waals surface area (Å²) in [5.41, 5.74) is 0. The Hall–Kier alpha value is -0.640. The molecule has 9 heavy (non-hydrogen) atoms. The lowest BCUT2D eigenvalue weighted by atomic mass is 10.6. The molecule has 0 fully saturated rings. The third-order valence-corrected chi connectivity index (χ3v) is 1.26. The summed E-state index contributed by atoms with van der Waals surface area (Å²) in [6.45, 7) is 2.74. The summed E-state index contributed by atoms with van der Waals surface area (Å²) >= 11 is 5.49. The Balaban J connectivity index is 2.85. The maximum atomic E-state index is 5.49. The number of aromatic nitrogens is 4. The molecule has 0 aliphatic carbocycles. The van der Waals surface area contributed by atoms with Crippen molar-refractivity contribution in [1.82, 2.24) is 20.2 Å². The van der Waals surface area contributed by atoms with Gasteiger partial charge in [0, 0.05) is 6.54 Å². The van der Waals surface area contributed by atoms with Gasteiger partial charge in [-0.05, 0) is 17.4 Å². The van der Waals surface area contributed by atoms with E-state index in [2.05, 4.69) is 15.5 Å². The van der Waals surface area contributed by atoms with Crippen LogP contribution >= 0.6 is 11.6 Å². The van der Waals surface area contributed by atoms with Gasteiger partial charge in [-0.15, -0.1) is 16.7 Å². The summed E-state index contributed by atoms with van der Waals surface area (Å²) in [5.74, 6) is 1.10. The summed E-state index contributed by atoms with van der Waals surface area (Å²) in [7, 11) is 0. The number of hydrogen-bond donors (Lipinski definition) is 0. The lowest BCUT2D eigenvalue weighted by molar-refractivity contribution is 0.608. The third-order valence-electron chi connectivity index (χ3n) is 1.03. The highest BCUT2D eigenvalue weighted by atomic mass is 35.5. The van der Waals surface area contributed by atoms with E-state index < -0.39 is 0 Å². The largest absolute Gasteiger partial charge is 0.229 e. The van der Waals surface area contributed by atoms with E-state index in [1.807, 2.05) is 6.92 Å². The summed E-state index contributed by atoms with van der Waals surface area (Å²) in [4.78, 5) is 0. The molecular weight excluding hydrogens is 140 g/mol. The van der Waals surface area contributed by atoms with E-state index in [1.54, 1.807) is 4.68 Å². The van der Waals surface area contributed by atoms with Crippen molar-refractivity contribution < 1.29 is 0 Å². The first kappa shape index (κ1) is 6.48. The quantitative estimate of drug-likeness (QED) is 0.569. The molecular formula is C4H7ClN4. The minimum absolute atomic E-state index is 0.376. The summed E-state index contributed by atoms with van der Waals surface area (Å²) in [6.07, 6.45) is 0. The predicted octanol–water partition coefficient (Wildman–Crippen LogP) is 0.432. The number of alkyl halides is 1. The van der Waals surface area contributed by atoms with E-state index in [9.17, 15) is 0 Å². The minimum atomic E-state index is 0.376. The summed E-state index contributed by atoms with van der Waals surface area (Å²) < 4.78 is 1.66. The number of halogens is 1. The van der Waals surface area contributed by atoms with E-state index in [-0.39, 0.29) is 0 Å². The second-order valence-electron chi connectivity index (χ2n) is 1.54. The number of rotatable bonds is 2. The van der Waals surface area contributed by atoms with E-state index in [4.69, 9.17) is 11.6 Å². The van der Waals surface area contributed by atoms with Gasteiger partial charge in [0.1, 0.15) is 0 Å². The third kappa shape index (κ3) is 1.18. The van der Waals surface area contributed by atoms with Crippen LogP contribution in [0.2, 0.25) is 0 Å². The van der Waals surface area contributed by atoms with Crippen molar-refractivity contribution in [2.75, 3.05) is 0 Å². The molecule has 0 bridgehead atoms. The van der Waals surface area contributed by atoms with Crippen LogP contribution in [0.1, 0.15) is 12.7 Å². The molecule has 0 spiro atoms.